The van der Waals surface area contributed by atoms with Gasteiger partial charge >= 0.3 is 0 Å². The first-order chi connectivity index (χ1) is 7.78. The number of amidine groups is 1. The minimum Gasteiger partial charge on any atom is -0.359 e. The van der Waals surface area contributed by atoms with Gasteiger partial charge in [-0.25, -0.2) is 0 Å². The minimum atomic E-state index is 0.291. The molecule has 88 valence electrons. The summed E-state index contributed by atoms with van der Waals surface area (Å²) in [5.41, 5.74) is 0.291. The number of nitrogens with zero attached hydrogens (tertiary/aromatic N) is 1. The quantitative estimate of drug-likeness (QED) is 0.889. The molecule has 1 fully saturated rings. The van der Waals surface area contributed by atoms with Crippen LogP contribution in [0.2, 0.25) is 0 Å². The summed E-state index contributed by atoms with van der Waals surface area (Å²) in [6.45, 7) is 5.31. The molecule has 2 rings (SSSR count). The topological polar surface area (TPSA) is 24.4 Å². The molecule has 0 unspecified atom stereocenters. The fourth-order valence-corrected chi connectivity index (χ4v) is 3.74. The number of nitrogens with one attached hydrogen (secondary N) is 1. The van der Waals surface area contributed by atoms with Crippen LogP contribution >= 0.6 is 23.1 Å². The van der Waals surface area contributed by atoms with Gasteiger partial charge in [-0.1, -0.05) is 31.7 Å². The molecule has 4 heteroatoms. The van der Waals surface area contributed by atoms with Crippen molar-refractivity contribution in [1.29, 1.82) is 0 Å². The van der Waals surface area contributed by atoms with Crippen LogP contribution in [0.1, 0.15) is 31.6 Å². The van der Waals surface area contributed by atoms with Gasteiger partial charge in [0.25, 0.3) is 0 Å². The molecular formula is C12H18N2S2. The molecule has 1 aromatic rings. The van der Waals surface area contributed by atoms with Crippen LogP contribution in [-0.2, 0) is 6.54 Å². The SMILES string of the molecule is CCC1(CC)CSC(=NCc2cccs2)N1. The van der Waals surface area contributed by atoms with E-state index in [1.165, 1.54) is 17.7 Å². The van der Waals surface area contributed by atoms with Crippen LogP contribution < -0.4 is 5.32 Å². The molecule has 0 aromatic carbocycles. The van der Waals surface area contributed by atoms with Gasteiger partial charge in [-0.3, -0.25) is 4.99 Å². The first-order valence-electron chi connectivity index (χ1n) is 5.76. The summed E-state index contributed by atoms with van der Waals surface area (Å²) in [6.07, 6.45) is 2.35. The first kappa shape index (κ1) is 12.0. The Labute approximate surface area is 106 Å². The molecule has 2 heterocycles. The molecule has 0 saturated carbocycles. The Balaban J connectivity index is 1.95. The maximum Gasteiger partial charge on any atom is 0.157 e. The van der Waals surface area contributed by atoms with Gasteiger partial charge in [-0.2, -0.15) is 0 Å². The summed E-state index contributed by atoms with van der Waals surface area (Å²) >= 11 is 3.64. The average Bonchev–Trinajstić information content (AvgIpc) is 2.96. The third-order valence-electron chi connectivity index (χ3n) is 3.17. The van der Waals surface area contributed by atoms with Crippen molar-refractivity contribution in [2.75, 3.05) is 5.75 Å². The van der Waals surface area contributed by atoms with Crippen LogP contribution in [-0.4, -0.2) is 16.5 Å². The van der Waals surface area contributed by atoms with Gasteiger partial charge in [0, 0.05) is 16.2 Å². The first-order valence-corrected chi connectivity index (χ1v) is 7.62. The van der Waals surface area contributed by atoms with E-state index in [0.717, 1.165) is 17.5 Å². The lowest BCUT2D eigenvalue weighted by molar-refractivity contribution is 0.407. The van der Waals surface area contributed by atoms with E-state index >= 15 is 0 Å². The van der Waals surface area contributed by atoms with Crippen molar-refractivity contribution in [1.82, 2.24) is 5.32 Å². The highest BCUT2D eigenvalue weighted by atomic mass is 32.2. The Bertz CT molecular complexity index is 353. The van der Waals surface area contributed by atoms with E-state index in [0.29, 0.717) is 5.54 Å². The fourth-order valence-electron chi connectivity index (χ4n) is 1.77. The van der Waals surface area contributed by atoms with E-state index in [-0.39, 0.29) is 0 Å². The number of thiophene rings is 1. The minimum absolute atomic E-state index is 0.291. The second-order valence-corrected chi connectivity index (χ2v) is 6.10. The van der Waals surface area contributed by atoms with E-state index in [4.69, 9.17) is 0 Å². The Kier molecular flexibility index (Phi) is 3.92. The largest absolute Gasteiger partial charge is 0.359 e. The molecule has 1 N–H and O–H groups in total. The monoisotopic (exact) mass is 254 g/mol. The highest BCUT2D eigenvalue weighted by Crippen LogP contribution is 2.29. The van der Waals surface area contributed by atoms with Crippen molar-refractivity contribution in [2.24, 2.45) is 4.99 Å². The van der Waals surface area contributed by atoms with Gasteiger partial charge in [0.1, 0.15) is 0 Å². The molecular weight excluding hydrogens is 236 g/mol. The molecule has 0 atom stereocenters. The lowest BCUT2D eigenvalue weighted by Crippen LogP contribution is -2.42. The van der Waals surface area contributed by atoms with Crippen molar-refractivity contribution in [2.45, 2.75) is 38.8 Å². The lowest BCUT2D eigenvalue weighted by Gasteiger charge is -2.25. The van der Waals surface area contributed by atoms with Gasteiger partial charge in [-0.05, 0) is 24.3 Å². The number of hydrogen-bond donors (Lipinski definition) is 1. The number of thioether (sulfide) groups is 1. The lowest BCUT2D eigenvalue weighted by atomic mass is 9.96. The highest BCUT2D eigenvalue weighted by molar-refractivity contribution is 8.14. The fraction of sp³-hybridized carbons (Fsp3) is 0.583. The molecule has 1 aromatic heterocycles. The van der Waals surface area contributed by atoms with E-state index in [2.05, 4.69) is 41.7 Å². The maximum absolute atomic E-state index is 4.64. The Morgan fingerprint density at radius 3 is 2.81 bits per heavy atom. The number of rotatable bonds is 4. The maximum atomic E-state index is 4.64. The van der Waals surface area contributed by atoms with Crippen molar-refractivity contribution < 1.29 is 0 Å². The van der Waals surface area contributed by atoms with E-state index < -0.39 is 0 Å². The predicted octanol–water partition coefficient (Wildman–Crippen LogP) is 3.50. The predicted molar refractivity (Wildman–Crippen MR) is 74.4 cm³/mol. The summed E-state index contributed by atoms with van der Waals surface area (Å²) in [7, 11) is 0. The van der Waals surface area contributed by atoms with Gasteiger partial charge < -0.3 is 5.32 Å². The van der Waals surface area contributed by atoms with E-state index in [1.807, 2.05) is 11.8 Å². The standard InChI is InChI=1S/C12H18N2S2/c1-3-12(4-2)9-16-11(14-12)13-8-10-6-5-7-15-10/h5-7H,3-4,8-9H2,1-2H3,(H,13,14). The van der Waals surface area contributed by atoms with Crippen LogP contribution in [0.3, 0.4) is 0 Å². The summed E-state index contributed by atoms with van der Waals surface area (Å²) < 4.78 is 0. The molecule has 2 nitrogen and oxygen atoms in total. The van der Waals surface area contributed by atoms with Crippen molar-refractivity contribution in [3.05, 3.63) is 22.4 Å². The normalized spacial score (nSPS) is 21.2. The number of hydrogen-bond acceptors (Lipinski definition) is 3. The average molecular weight is 254 g/mol. The zero-order valence-corrected chi connectivity index (χ0v) is 11.5. The van der Waals surface area contributed by atoms with Crippen molar-refractivity contribution >= 4 is 28.3 Å². The van der Waals surface area contributed by atoms with Gasteiger partial charge in [0.05, 0.1) is 6.54 Å². The molecule has 0 radical (unpaired) electrons. The van der Waals surface area contributed by atoms with Crippen LogP contribution in [0.15, 0.2) is 22.5 Å². The summed E-state index contributed by atoms with van der Waals surface area (Å²) in [6, 6.07) is 4.22. The molecule has 0 amide bonds. The molecule has 0 aliphatic carbocycles. The molecule has 16 heavy (non-hydrogen) atoms. The Hall–Kier alpha value is -0.480. The second-order valence-electron chi connectivity index (χ2n) is 4.10. The summed E-state index contributed by atoms with van der Waals surface area (Å²) in [5, 5.41) is 6.81. The zero-order valence-electron chi connectivity index (χ0n) is 9.82. The van der Waals surface area contributed by atoms with Gasteiger partial charge in [-0.15, -0.1) is 11.3 Å². The highest BCUT2D eigenvalue weighted by Gasteiger charge is 2.33. The van der Waals surface area contributed by atoms with Crippen LogP contribution in [0, 0.1) is 0 Å². The zero-order chi connectivity index (χ0) is 11.4. The summed E-state index contributed by atoms with van der Waals surface area (Å²) in [5.74, 6) is 1.16. The molecule has 1 saturated heterocycles. The Morgan fingerprint density at radius 1 is 1.44 bits per heavy atom. The third-order valence-corrected chi connectivity index (χ3v) is 5.23. The van der Waals surface area contributed by atoms with Crippen LogP contribution in [0.4, 0.5) is 0 Å². The van der Waals surface area contributed by atoms with E-state index in [1.54, 1.807) is 11.3 Å². The third kappa shape index (κ3) is 2.61. The molecule has 0 spiro atoms. The van der Waals surface area contributed by atoms with Crippen LogP contribution in [0.5, 0.6) is 0 Å². The van der Waals surface area contributed by atoms with Gasteiger partial charge in [0.15, 0.2) is 5.17 Å². The summed E-state index contributed by atoms with van der Waals surface area (Å²) in [4.78, 5) is 5.97. The van der Waals surface area contributed by atoms with Crippen LogP contribution in [0.25, 0.3) is 0 Å². The smallest absolute Gasteiger partial charge is 0.157 e. The van der Waals surface area contributed by atoms with Gasteiger partial charge in [0.2, 0.25) is 0 Å². The molecule has 1 aliphatic heterocycles. The molecule has 0 bridgehead atoms. The van der Waals surface area contributed by atoms with E-state index in [9.17, 15) is 0 Å². The Morgan fingerprint density at radius 2 is 2.25 bits per heavy atom. The second kappa shape index (κ2) is 5.23. The molecule has 1 aliphatic rings. The number of aliphatic imine (C=N–C) groups is 1. The van der Waals surface area contributed by atoms with Crippen molar-refractivity contribution in [3.8, 4) is 0 Å². The van der Waals surface area contributed by atoms with Crippen molar-refractivity contribution in [3.63, 3.8) is 0 Å².